The molecule has 0 fully saturated rings. The molecule has 2 aromatic carbocycles. The Morgan fingerprint density at radius 1 is 1.19 bits per heavy atom. The summed E-state index contributed by atoms with van der Waals surface area (Å²) < 4.78 is 13.3. The molecule has 1 atom stereocenters. The Hall–Kier alpha value is -3.22. The lowest BCUT2D eigenvalue weighted by atomic mass is 10.1. The first-order valence-corrected chi connectivity index (χ1v) is 8.39. The zero-order valence-corrected chi connectivity index (χ0v) is 14.3. The molecule has 0 bridgehead atoms. The number of amides is 2. The van der Waals surface area contributed by atoms with E-state index in [9.17, 15) is 14.0 Å². The molecule has 0 spiro atoms. The van der Waals surface area contributed by atoms with Gasteiger partial charge in [-0.3, -0.25) is 14.9 Å². The molecule has 0 radical (unpaired) electrons. The Labute approximate surface area is 149 Å². The van der Waals surface area contributed by atoms with Crippen LogP contribution in [0.5, 0.6) is 0 Å². The van der Waals surface area contributed by atoms with Gasteiger partial charge in [0.1, 0.15) is 11.9 Å². The molecule has 3 N–H and O–H groups in total. The third-order valence-electron chi connectivity index (χ3n) is 3.92. The molecule has 0 saturated carbocycles. The van der Waals surface area contributed by atoms with Gasteiger partial charge in [0.15, 0.2) is 0 Å². The summed E-state index contributed by atoms with van der Waals surface area (Å²) in [6, 6.07) is 12.0. The van der Waals surface area contributed by atoms with E-state index in [4.69, 9.17) is 0 Å². The number of benzene rings is 2. The molecule has 3 rings (SSSR count). The Bertz CT molecular complexity index is 905. The predicted molar refractivity (Wildman–Crippen MR) is 97.3 cm³/mol. The molecule has 0 aliphatic carbocycles. The second-order valence-electron chi connectivity index (χ2n) is 5.92. The number of hydrogen-bond donors (Lipinski definition) is 3. The van der Waals surface area contributed by atoms with Crippen LogP contribution in [0.25, 0.3) is 11.0 Å². The molecule has 6 nitrogen and oxygen atoms in total. The first kappa shape index (κ1) is 17.6. The average Bonchev–Trinajstić information content (AvgIpc) is 3.03. The van der Waals surface area contributed by atoms with E-state index >= 15 is 0 Å². The number of carbonyl (C=O) groups excluding carboxylic acids is 2. The van der Waals surface area contributed by atoms with E-state index in [2.05, 4.69) is 20.6 Å². The number of H-pyrrole nitrogens is 1. The number of halogens is 1. The number of fused-ring (bicyclic) bond motifs is 1. The van der Waals surface area contributed by atoms with Gasteiger partial charge >= 0.3 is 0 Å². The number of aromatic amines is 1. The summed E-state index contributed by atoms with van der Waals surface area (Å²) >= 11 is 0. The molecule has 3 aromatic rings. The standard InChI is InChI=1S/C19H19FN4O2/c1-2-6-16(21-17(25)12-7-5-8-13(20)11-12)18(26)24-19-22-14-9-3-4-10-15(14)23-19/h3-5,7-11,16H,2,6H2,1H3,(H,21,25)(H2,22,23,24,26)/t16-/m1/s1. The maximum Gasteiger partial charge on any atom is 0.252 e. The second-order valence-corrected chi connectivity index (χ2v) is 5.92. The highest BCUT2D eigenvalue weighted by molar-refractivity contribution is 6.01. The van der Waals surface area contributed by atoms with Crippen LogP contribution in [0.4, 0.5) is 10.3 Å². The van der Waals surface area contributed by atoms with Crippen LogP contribution in [0.15, 0.2) is 48.5 Å². The van der Waals surface area contributed by atoms with E-state index in [-0.39, 0.29) is 11.5 Å². The number of anilines is 1. The second kappa shape index (κ2) is 7.77. The molecule has 1 heterocycles. The normalized spacial score (nSPS) is 11.9. The monoisotopic (exact) mass is 354 g/mol. The molecule has 0 aliphatic heterocycles. The van der Waals surface area contributed by atoms with E-state index in [0.29, 0.717) is 18.8 Å². The van der Waals surface area contributed by atoms with Crippen molar-refractivity contribution in [2.75, 3.05) is 5.32 Å². The summed E-state index contributed by atoms with van der Waals surface area (Å²) in [4.78, 5) is 32.2. The fraction of sp³-hybridized carbons (Fsp3) is 0.211. The van der Waals surface area contributed by atoms with Gasteiger partial charge < -0.3 is 10.3 Å². The lowest BCUT2D eigenvalue weighted by molar-refractivity contribution is -0.118. The number of aromatic nitrogens is 2. The van der Waals surface area contributed by atoms with E-state index in [0.717, 1.165) is 17.1 Å². The Morgan fingerprint density at radius 3 is 2.73 bits per heavy atom. The van der Waals surface area contributed by atoms with Gasteiger partial charge in [0.25, 0.3) is 5.91 Å². The lowest BCUT2D eigenvalue weighted by Crippen LogP contribution is -2.43. The van der Waals surface area contributed by atoms with Crippen LogP contribution in [0.2, 0.25) is 0 Å². The van der Waals surface area contributed by atoms with Crippen molar-refractivity contribution < 1.29 is 14.0 Å². The van der Waals surface area contributed by atoms with Crippen LogP contribution >= 0.6 is 0 Å². The molecule has 1 aromatic heterocycles. The first-order chi connectivity index (χ1) is 12.6. The van der Waals surface area contributed by atoms with Gasteiger partial charge in [0.2, 0.25) is 11.9 Å². The van der Waals surface area contributed by atoms with Crippen molar-refractivity contribution in [3.63, 3.8) is 0 Å². The van der Waals surface area contributed by atoms with Gasteiger partial charge in [0.05, 0.1) is 11.0 Å². The highest BCUT2D eigenvalue weighted by Crippen LogP contribution is 2.14. The molecule has 0 unspecified atom stereocenters. The van der Waals surface area contributed by atoms with Crippen molar-refractivity contribution in [3.8, 4) is 0 Å². The number of nitrogens with zero attached hydrogens (tertiary/aromatic N) is 1. The van der Waals surface area contributed by atoms with Crippen LogP contribution < -0.4 is 10.6 Å². The Morgan fingerprint density at radius 2 is 2.00 bits per heavy atom. The first-order valence-electron chi connectivity index (χ1n) is 8.39. The van der Waals surface area contributed by atoms with E-state index in [1.165, 1.54) is 18.2 Å². The van der Waals surface area contributed by atoms with E-state index < -0.39 is 17.8 Å². The minimum atomic E-state index is -0.746. The summed E-state index contributed by atoms with van der Waals surface area (Å²) in [7, 11) is 0. The lowest BCUT2D eigenvalue weighted by Gasteiger charge is -2.17. The quantitative estimate of drug-likeness (QED) is 0.635. The third-order valence-corrected chi connectivity index (χ3v) is 3.92. The largest absolute Gasteiger partial charge is 0.340 e. The van der Waals surface area contributed by atoms with Crippen LogP contribution in [-0.2, 0) is 4.79 Å². The van der Waals surface area contributed by atoms with Crippen molar-refractivity contribution in [2.24, 2.45) is 0 Å². The number of imidazole rings is 1. The maximum absolute atomic E-state index is 13.3. The van der Waals surface area contributed by atoms with Crippen molar-refractivity contribution in [2.45, 2.75) is 25.8 Å². The SMILES string of the molecule is CCC[C@@H](NC(=O)c1cccc(F)c1)C(=O)Nc1nc2ccccc2[nH]1. The smallest absolute Gasteiger partial charge is 0.252 e. The fourth-order valence-electron chi connectivity index (χ4n) is 2.64. The molecule has 0 aliphatic rings. The van der Waals surface area contributed by atoms with Gasteiger partial charge in [-0.1, -0.05) is 31.5 Å². The van der Waals surface area contributed by atoms with Crippen molar-refractivity contribution in [1.82, 2.24) is 15.3 Å². The highest BCUT2D eigenvalue weighted by Gasteiger charge is 2.22. The number of nitrogens with one attached hydrogen (secondary N) is 3. The summed E-state index contributed by atoms with van der Waals surface area (Å²) in [6.07, 6.45) is 1.15. The van der Waals surface area contributed by atoms with Crippen molar-refractivity contribution in [1.29, 1.82) is 0 Å². The Kier molecular flexibility index (Phi) is 5.26. The van der Waals surface area contributed by atoms with Gasteiger partial charge in [-0.2, -0.15) is 0 Å². The number of rotatable bonds is 6. The summed E-state index contributed by atoms with van der Waals surface area (Å²) in [5, 5.41) is 5.35. The zero-order valence-electron chi connectivity index (χ0n) is 14.3. The number of carbonyl (C=O) groups is 2. The van der Waals surface area contributed by atoms with Crippen molar-refractivity contribution in [3.05, 3.63) is 59.9 Å². The molecule has 0 saturated heterocycles. The highest BCUT2D eigenvalue weighted by atomic mass is 19.1. The topological polar surface area (TPSA) is 86.9 Å². The molecule has 2 amide bonds. The van der Waals surface area contributed by atoms with E-state index in [1.807, 2.05) is 31.2 Å². The summed E-state index contributed by atoms with van der Waals surface area (Å²) in [5.74, 6) is -1.06. The molecule has 26 heavy (non-hydrogen) atoms. The minimum absolute atomic E-state index is 0.169. The van der Waals surface area contributed by atoms with Gasteiger partial charge in [-0.15, -0.1) is 0 Å². The Balaban J connectivity index is 1.71. The van der Waals surface area contributed by atoms with Crippen LogP contribution in [0, 0.1) is 5.82 Å². The van der Waals surface area contributed by atoms with Gasteiger partial charge in [-0.25, -0.2) is 9.37 Å². The predicted octanol–water partition coefficient (Wildman–Crippen LogP) is 3.24. The average molecular weight is 354 g/mol. The van der Waals surface area contributed by atoms with Crippen LogP contribution in [0.3, 0.4) is 0 Å². The number of hydrogen-bond acceptors (Lipinski definition) is 3. The maximum atomic E-state index is 13.3. The summed E-state index contributed by atoms with van der Waals surface area (Å²) in [5.41, 5.74) is 1.71. The van der Waals surface area contributed by atoms with E-state index in [1.54, 1.807) is 0 Å². The number of para-hydroxylation sites is 2. The molecule has 134 valence electrons. The van der Waals surface area contributed by atoms with Crippen molar-refractivity contribution >= 4 is 28.8 Å². The van der Waals surface area contributed by atoms with Crippen LogP contribution in [-0.4, -0.2) is 27.8 Å². The molecule has 7 heteroatoms. The summed E-state index contributed by atoms with van der Waals surface area (Å²) in [6.45, 7) is 1.91. The molecular weight excluding hydrogens is 335 g/mol. The van der Waals surface area contributed by atoms with Gasteiger partial charge in [0, 0.05) is 5.56 Å². The van der Waals surface area contributed by atoms with Crippen LogP contribution in [0.1, 0.15) is 30.1 Å². The molecular formula is C19H19FN4O2. The minimum Gasteiger partial charge on any atom is -0.340 e. The van der Waals surface area contributed by atoms with Gasteiger partial charge in [-0.05, 0) is 36.8 Å². The fourth-order valence-corrected chi connectivity index (χ4v) is 2.64. The third kappa shape index (κ3) is 4.05. The zero-order chi connectivity index (χ0) is 18.5.